The lowest BCUT2D eigenvalue weighted by Crippen LogP contribution is -2.37. The van der Waals surface area contributed by atoms with Gasteiger partial charge in [-0.2, -0.15) is 0 Å². The van der Waals surface area contributed by atoms with Crippen molar-refractivity contribution in [3.8, 4) is 0 Å². The van der Waals surface area contributed by atoms with Crippen LogP contribution in [-0.2, 0) is 19.1 Å². The van der Waals surface area contributed by atoms with Crippen LogP contribution >= 0.6 is 0 Å². The van der Waals surface area contributed by atoms with Crippen LogP contribution in [0, 0.1) is 10.1 Å². The number of ether oxygens (including phenoxy) is 2. The molecule has 0 saturated carbocycles. The number of nitrogens with two attached hydrogens (primary N) is 1. The zero-order chi connectivity index (χ0) is 29.8. The van der Waals surface area contributed by atoms with Gasteiger partial charge in [0.05, 0.1) is 36.4 Å². The van der Waals surface area contributed by atoms with Crippen LogP contribution in [0.4, 0.5) is 23.0 Å². The Kier molecular flexibility index (Phi) is 8.32. The number of methoxy groups -OCH3 is 2. The zero-order valence-corrected chi connectivity index (χ0v) is 23.4. The topological polar surface area (TPSA) is 154 Å². The van der Waals surface area contributed by atoms with Gasteiger partial charge in [0.1, 0.15) is 29.9 Å². The molecule has 2 fully saturated rings. The molecular weight excluding hydrogens is 540 g/mol. The molecule has 0 aliphatic carbocycles. The number of nitrogens with zero attached hydrogens (tertiary/aromatic N) is 5. The molecule has 42 heavy (non-hydrogen) atoms. The van der Waals surface area contributed by atoms with E-state index in [0.717, 1.165) is 42.4 Å². The van der Waals surface area contributed by atoms with Gasteiger partial charge in [-0.15, -0.1) is 0 Å². The smallest absolute Gasteiger partial charge is 0.328 e. The average Bonchev–Trinajstić information content (AvgIpc) is 3.71. The number of fused-ring (bicyclic) bond motifs is 2. The van der Waals surface area contributed by atoms with E-state index in [1.165, 1.54) is 20.4 Å². The number of esters is 2. The van der Waals surface area contributed by atoms with Crippen molar-refractivity contribution in [1.29, 1.82) is 0 Å². The van der Waals surface area contributed by atoms with Gasteiger partial charge in [0, 0.05) is 29.2 Å². The van der Waals surface area contributed by atoms with Crippen molar-refractivity contribution in [2.45, 2.75) is 37.8 Å². The van der Waals surface area contributed by atoms with Crippen molar-refractivity contribution >= 4 is 56.5 Å². The van der Waals surface area contributed by atoms with Gasteiger partial charge < -0.3 is 25.0 Å². The van der Waals surface area contributed by atoms with E-state index in [0.29, 0.717) is 35.2 Å². The molecule has 6 rings (SSSR count). The van der Waals surface area contributed by atoms with E-state index in [4.69, 9.17) is 15.2 Å². The van der Waals surface area contributed by atoms with Gasteiger partial charge in [-0.3, -0.25) is 10.1 Å². The van der Waals surface area contributed by atoms with Gasteiger partial charge in [0.15, 0.2) is 0 Å². The first-order valence-electron chi connectivity index (χ1n) is 13.7. The molecule has 2 aromatic heterocycles. The molecule has 2 aromatic carbocycles. The second-order valence-corrected chi connectivity index (χ2v) is 10.1. The Balaban J connectivity index is 0.000000169. The maximum atomic E-state index is 11.9. The Bertz CT molecular complexity index is 1650. The summed E-state index contributed by atoms with van der Waals surface area (Å²) in [6.07, 6.45) is 6.22. The van der Waals surface area contributed by atoms with E-state index >= 15 is 0 Å². The van der Waals surface area contributed by atoms with Crippen LogP contribution in [0.1, 0.15) is 25.7 Å². The van der Waals surface area contributed by atoms with Crippen molar-refractivity contribution in [1.82, 2.24) is 9.97 Å². The lowest BCUT2D eigenvalue weighted by Gasteiger charge is -2.25. The summed E-state index contributed by atoms with van der Waals surface area (Å²) in [7, 11) is 2.79. The number of benzene rings is 2. The molecule has 0 spiro atoms. The first-order chi connectivity index (χ1) is 20.3. The second-order valence-electron chi connectivity index (χ2n) is 10.1. The van der Waals surface area contributed by atoms with Gasteiger partial charge >= 0.3 is 11.9 Å². The number of nitro groups is 1. The predicted molar refractivity (Wildman–Crippen MR) is 159 cm³/mol. The highest BCUT2D eigenvalue weighted by atomic mass is 16.6. The van der Waals surface area contributed by atoms with E-state index in [1.54, 1.807) is 30.5 Å². The van der Waals surface area contributed by atoms with Crippen LogP contribution in [0.5, 0.6) is 0 Å². The third kappa shape index (κ3) is 5.35. The predicted octanol–water partition coefficient (Wildman–Crippen LogP) is 4.24. The minimum Gasteiger partial charge on any atom is -0.467 e. The van der Waals surface area contributed by atoms with Crippen LogP contribution in [0.15, 0.2) is 60.9 Å². The van der Waals surface area contributed by atoms with Gasteiger partial charge in [0.25, 0.3) is 5.69 Å². The van der Waals surface area contributed by atoms with Gasteiger partial charge in [-0.05, 0) is 31.7 Å². The third-order valence-electron chi connectivity index (χ3n) is 7.75. The average molecular weight is 573 g/mol. The molecule has 2 aliphatic rings. The maximum absolute atomic E-state index is 11.9. The number of aromatic nitrogens is 2. The number of hydrogen-bond donors (Lipinski definition) is 1. The van der Waals surface area contributed by atoms with Crippen LogP contribution in [0.2, 0.25) is 0 Å². The summed E-state index contributed by atoms with van der Waals surface area (Å²) < 4.78 is 9.73. The Morgan fingerprint density at radius 2 is 1.26 bits per heavy atom. The number of anilines is 3. The van der Waals surface area contributed by atoms with Crippen molar-refractivity contribution in [2.24, 2.45) is 0 Å². The number of hydrogen-bond acceptors (Lipinski definition) is 11. The summed E-state index contributed by atoms with van der Waals surface area (Å²) in [6, 6.07) is 14.3. The Labute approximate surface area is 242 Å². The minimum absolute atomic E-state index is 0.0341. The van der Waals surface area contributed by atoms with E-state index in [1.807, 2.05) is 34.1 Å². The number of rotatable bonds is 5. The molecule has 4 aromatic rings. The lowest BCUT2D eigenvalue weighted by molar-refractivity contribution is -0.383. The standard InChI is InChI=1S/C15H15N3O4.C15H17N3O2/c1-22-15(19)12-7-4-8-17(12)14-11-6-3-2-5-10(11)13(9-16-14)18(20)21;1-20-15(19)13-7-4-8-18(13)14-11-6-3-2-5-10(11)12(16)9-17-14/h2-3,5-6,9,12H,4,7-8H2,1H3;2-3,5-6,9,13H,4,7-8,16H2,1H3/t12-;13-/m00/s1. The summed E-state index contributed by atoms with van der Waals surface area (Å²) in [6.45, 7) is 1.48. The molecule has 0 unspecified atom stereocenters. The first-order valence-corrected chi connectivity index (χ1v) is 13.7. The Morgan fingerprint density at radius 3 is 1.76 bits per heavy atom. The van der Waals surface area contributed by atoms with Crippen molar-refractivity contribution in [3.63, 3.8) is 0 Å². The fourth-order valence-corrected chi connectivity index (χ4v) is 5.77. The summed E-state index contributed by atoms with van der Waals surface area (Å²) in [5.41, 5.74) is 6.59. The molecule has 2 aliphatic heterocycles. The van der Waals surface area contributed by atoms with Crippen molar-refractivity contribution in [3.05, 3.63) is 71.0 Å². The monoisotopic (exact) mass is 572 g/mol. The number of nitrogen functional groups attached to an aromatic ring is 1. The summed E-state index contributed by atoms with van der Waals surface area (Å²) in [5, 5.41) is 14.3. The fourth-order valence-electron chi connectivity index (χ4n) is 5.77. The molecule has 12 heteroatoms. The Hall–Kier alpha value is -5.00. The molecule has 218 valence electrons. The molecule has 4 heterocycles. The normalized spacial score (nSPS) is 18.0. The van der Waals surface area contributed by atoms with Gasteiger partial charge in [0.2, 0.25) is 0 Å². The van der Waals surface area contributed by atoms with E-state index < -0.39 is 4.92 Å². The minimum atomic E-state index is -0.444. The van der Waals surface area contributed by atoms with Crippen LogP contribution in [-0.4, -0.2) is 66.2 Å². The van der Waals surface area contributed by atoms with Gasteiger partial charge in [-0.25, -0.2) is 19.6 Å². The molecular formula is C30H32N6O6. The SMILES string of the molecule is COC(=O)[C@@H]1CCCN1c1ncc(N)c2ccccc12.COC(=O)[C@@H]1CCCN1c1ncc([N+](=O)[O-])c2ccccc12. The van der Waals surface area contributed by atoms with E-state index in [2.05, 4.69) is 9.97 Å². The molecule has 2 N–H and O–H groups in total. The van der Waals surface area contributed by atoms with Crippen molar-refractivity contribution < 1.29 is 24.0 Å². The zero-order valence-electron chi connectivity index (χ0n) is 23.4. The molecule has 0 radical (unpaired) electrons. The number of carbonyl (C=O) groups excluding carboxylic acids is 2. The molecule has 12 nitrogen and oxygen atoms in total. The molecule has 0 amide bonds. The maximum Gasteiger partial charge on any atom is 0.328 e. The molecule has 0 bridgehead atoms. The largest absolute Gasteiger partial charge is 0.467 e. The molecule has 2 atom stereocenters. The highest BCUT2D eigenvalue weighted by Gasteiger charge is 2.35. The summed E-state index contributed by atoms with van der Waals surface area (Å²) >= 11 is 0. The summed E-state index contributed by atoms with van der Waals surface area (Å²) in [4.78, 5) is 47.1. The fraction of sp³-hybridized carbons (Fsp3) is 0.333. The highest BCUT2D eigenvalue weighted by molar-refractivity contribution is 6.01. The third-order valence-corrected chi connectivity index (χ3v) is 7.75. The Morgan fingerprint density at radius 1 is 0.810 bits per heavy atom. The lowest BCUT2D eigenvalue weighted by atomic mass is 10.1. The first kappa shape index (κ1) is 28.5. The van der Waals surface area contributed by atoms with E-state index in [9.17, 15) is 19.7 Å². The quantitative estimate of drug-likeness (QED) is 0.207. The number of pyridine rings is 2. The summed E-state index contributed by atoms with van der Waals surface area (Å²) in [5.74, 6) is 0.892. The van der Waals surface area contributed by atoms with Crippen LogP contribution in [0.25, 0.3) is 21.5 Å². The van der Waals surface area contributed by atoms with Crippen LogP contribution in [0.3, 0.4) is 0 Å². The van der Waals surface area contributed by atoms with Crippen LogP contribution < -0.4 is 15.5 Å². The number of carbonyl (C=O) groups is 2. The van der Waals surface area contributed by atoms with Gasteiger partial charge in [-0.1, -0.05) is 42.5 Å². The van der Waals surface area contributed by atoms with E-state index in [-0.39, 0.29) is 29.7 Å². The highest BCUT2D eigenvalue weighted by Crippen LogP contribution is 2.35. The van der Waals surface area contributed by atoms with Crippen molar-refractivity contribution in [2.75, 3.05) is 42.8 Å². The second kappa shape index (κ2) is 12.2. The molecule has 2 saturated heterocycles.